The molecule has 0 radical (unpaired) electrons. The summed E-state index contributed by atoms with van der Waals surface area (Å²) in [5.74, 6) is -3.15. The van der Waals surface area contributed by atoms with Crippen molar-refractivity contribution in [2.75, 3.05) is 19.0 Å². The number of primary amides is 1. The number of nitrogens with zero attached hydrogens (tertiary/aromatic N) is 1. The van der Waals surface area contributed by atoms with Crippen molar-refractivity contribution in [3.8, 4) is 5.75 Å². The van der Waals surface area contributed by atoms with Crippen molar-refractivity contribution < 1.29 is 23.9 Å². The van der Waals surface area contributed by atoms with Gasteiger partial charge in [0, 0.05) is 18.8 Å². The molecule has 0 saturated heterocycles. The summed E-state index contributed by atoms with van der Waals surface area (Å²) >= 11 is 0. The number of hydrogen-bond acceptors (Lipinski definition) is 6. The molecule has 1 heterocycles. The number of carbonyl (C=O) groups is 3. The topological polar surface area (TPSA) is 146 Å². The van der Waals surface area contributed by atoms with Crippen molar-refractivity contribution >= 4 is 29.1 Å². The summed E-state index contributed by atoms with van der Waals surface area (Å²) in [6.07, 6.45) is 0. The van der Waals surface area contributed by atoms with Crippen LogP contribution in [0.4, 0.5) is 10.1 Å². The maximum atomic E-state index is 13.1. The highest BCUT2D eigenvalue weighted by molar-refractivity contribution is 6.47. The van der Waals surface area contributed by atoms with E-state index in [-0.39, 0.29) is 17.9 Å². The monoisotopic (exact) mass is 399 g/mol. The SMILES string of the molecule is CNC(=O)C1=NCNC1(C(N)=O)c1ccc(NC(=O)c2ccc(F)cc2O)cc1. The van der Waals surface area contributed by atoms with Crippen LogP contribution in [-0.4, -0.2) is 42.3 Å². The molecule has 0 bridgehead atoms. The van der Waals surface area contributed by atoms with Crippen molar-refractivity contribution in [1.82, 2.24) is 10.6 Å². The van der Waals surface area contributed by atoms with Crippen molar-refractivity contribution in [3.05, 3.63) is 59.4 Å². The highest BCUT2D eigenvalue weighted by atomic mass is 19.1. The summed E-state index contributed by atoms with van der Waals surface area (Å²) < 4.78 is 13.1. The van der Waals surface area contributed by atoms with Crippen molar-refractivity contribution in [3.63, 3.8) is 0 Å². The molecule has 3 rings (SSSR count). The van der Waals surface area contributed by atoms with Crippen LogP contribution in [0.2, 0.25) is 0 Å². The zero-order valence-electron chi connectivity index (χ0n) is 15.3. The molecule has 0 aliphatic carbocycles. The second kappa shape index (κ2) is 7.68. The number of nitrogens with one attached hydrogen (secondary N) is 3. The van der Waals surface area contributed by atoms with Gasteiger partial charge in [-0.25, -0.2) is 4.39 Å². The first kappa shape index (κ1) is 20.0. The van der Waals surface area contributed by atoms with Gasteiger partial charge in [-0.05, 0) is 29.8 Å². The Morgan fingerprint density at radius 3 is 2.45 bits per heavy atom. The molecule has 0 fully saturated rings. The average Bonchev–Trinajstić information content (AvgIpc) is 3.14. The number of nitrogens with two attached hydrogens (primary N) is 1. The molecule has 0 spiro atoms. The van der Waals surface area contributed by atoms with Crippen LogP contribution in [0.3, 0.4) is 0 Å². The van der Waals surface area contributed by atoms with E-state index < -0.39 is 34.8 Å². The minimum absolute atomic E-state index is 0.0357. The van der Waals surface area contributed by atoms with E-state index in [1.165, 1.54) is 31.3 Å². The molecule has 1 aliphatic rings. The summed E-state index contributed by atoms with van der Waals surface area (Å²) in [5.41, 5.74) is 4.54. The number of phenolic OH excluding ortho intramolecular Hbond substituents is 1. The first-order valence-electron chi connectivity index (χ1n) is 8.52. The Kier molecular flexibility index (Phi) is 5.29. The molecule has 10 heteroatoms. The maximum Gasteiger partial charge on any atom is 0.267 e. The van der Waals surface area contributed by atoms with Crippen LogP contribution in [0.1, 0.15) is 15.9 Å². The van der Waals surface area contributed by atoms with Gasteiger partial charge in [0.05, 0.1) is 12.2 Å². The van der Waals surface area contributed by atoms with Gasteiger partial charge in [0.15, 0.2) is 5.54 Å². The van der Waals surface area contributed by atoms with Crippen LogP contribution < -0.4 is 21.7 Å². The fourth-order valence-corrected chi connectivity index (χ4v) is 3.08. The average molecular weight is 399 g/mol. The largest absolute Gasteiger partial charge is 0.507 e. The minimum Gasteiger partial charge on any atom is -0.507 e. The predicted octanol–water partition coefficient (Wildman–Crippen LogP) is 0.212. The molecule has 1 atom stereocenters. The third kappa shape index (κ3) is 3.52. The van der Waals surface area contributed by atoms with Gasteiger partial charge in [-0.1, -0.05) is 12.1 Å². The number of benzene rings is 2. The maximum absolute atomic E-state index is 13.1. The summed E-state index contributed by atoms with van der Waals surface area (Å²) in [6, 6.07) is 9.08. The van der Waals surface area contributed by atoms with Gasteiger partial charge < -0.3 is 21.5 Å². The number of aromatic hydroxyl groups is 1. The Morgan fingerprint density at radius 1 is 1.17 bits per heavy atom. The first-order valence-corrected chi connectivity index (χ1v) is 8.52. The van der Waals surface area contributed by atoms with Gasteiger partial charge in [-0.2, -0.15) is 0 Å². The van der Waals surface area contributed by atoms with E-state index in [1.54, 1.807) is 0 Å². The predicted molar refractivity (Wildman–Crippen MR) is 103 cm³/mol. The molecule has 2 aromatic rings. The summed E-state index contributed by atoms with van der Waals surface area (Å²) in [6.45, 7) is 0.0357. The van der Waals surface area contributed by atoms with E-state index in [1.807, 2.05) is 0 Å². The van der Waals surface area contributed by atoms with Gasteiger partial charge in [0.25, 0.3) is 11.8 Å². The Morgan fingerprint density at radius 2 is 1.86 bits per heavy atom. The van der Waals surface area contributed by atoms with E-state index in [2.05, 4.69) is 20.9 Å². The lowest BCUT2D eigenvalue weighted by Gasteiger charge is -2.27. The Bertz CT molecular complexity index is 1020. The lowest BCUT2D eigenvalue weighted by atomic mass is 9.84. The van der Waals surface area contributed by atoms with Crippen molar-refractivity contribution in [1.29, 1.82) is 0 Å². The summed E-state index contributed by atoms with van der Waals surface area (Å²) in [4.78, 5) is 40.7. The van der Waals surface area contributed by atoms with Crippen LogP contribution in [0.25, 0.3) is 0 Å². The molecule has 29 heavy (non-hydrogen) atoms. The number of aliphatic imine (C=N–C) groups is 1. The normalized spacial score (nSPS) is 18.1. The van der Waals surface area contributed by atoms with Crippen molar-refractivity contribution in [2.24, 2.45) is 10.7 Å². The Balaban J connectivity index is 1.87. The van der Waals surface area contributed by atoms with Gasteiger partial charge in [-0.15, -0.1) is 0 Å². The molecule has 9 nitrogen and oxygen atoms in total. The van der Waals surface area contributed by atoms with E-state index in [4.69, 9.17) is 5.73 Å². The third-order valence-corrected chi connectivity index (χ3v) is 4.53. The Hall–Kier alpha value is -3.79. The quantitative estimate of drug-likeness (QED) is 0.488. The molecule has 2 aromatic carbocycles. The number of rotatable bonds is 5. The number of anilines is 1. The van der Waals surface area contributed by atoms with Crippen LogP contribution >= 0.6 is 0 Å². The van der Waals surface area contributed by atoms with Gasteiger partial charge in [-0.3, -0.25) is 24.7 Å². The van der Waals surface area contributed by atoms with Gasteiger partial charge in [0.1, 0.15) is 17.3 Å². The van der Waals surface area contributed by atoms with Gasteiger partial charge >= 0.3 is 0 Å². The fourth-order valence-electron chi connectivity index (χ4n) is 3.08. The number of amides is 3. The third-order valence-electron chi connectivity index (χ3n) is 4.53. The second-order valence-corrected chi connectivity index (χ2v) is 6.23. The highest BCUT2D eigenvalue weighted by Crippen LogP contribution is 2.28. The lowest BCUT2D eigenvalue weighted by molar-refractivity contribution is -0.123. The number of hydrogen-bond donors (Lipinski definition) is 5. The van der Waals surface area contributed by atoms with Crippen molar-refractivity contribution in [2.45, 2.75) is 5.54 Å². The second-order valence-electron chi connectivity index (χ2n) is 6.23. The molecule has 0 aromatic heterocycles. The molecular weight excluding hydrogens is 381 g/mol. The van der Waals surface area contributed by atoms with Crippen LogP contribution in [0.5, 0.6) is 5.75 Å². The first-order chi connectivity index (χ1) is 13.8. The van der Waals surface area contributed by atoms with E-state index in [0.717, 1.165) is 18.2 Å². The number of halogens is 1. The van der Waals surface area contributed by atoms with Crippen LogP contribution in [-0.2, 0) is 15.1 Å². The number of carbonyl (C=O) groups excluding carboxylic acids is 3. The molecule has 150 valence electrons. The number of phenols is 1. The molecule has 1 aliphatic heterocycles. The fraction of sp³-hybridized carbons (Fsp3) is 0.158. The van der Waals surface area contributed by atoms with Crippen LogP contribution in [0.15, 0.2) is 47.5 Å². The zero-order chi connectivity index (χ0) is 21.2. The molecular formula is C19H18FN5O4. The standard InChI is InChI=1S/C19H18FN5O4/c1-22-17(28)15-19(18(21)29,24-9-23-15)10-2-5-12(6-3-10)25-16(27)13-7-4-11(20)8-14(13)26/h2-8,24,26H,9H2,1H3,(H2,21,29)(H,22,28)(H,25,27). The highest BCUT2D eigenvalue weighted by Gasteiger charge is 2.49. The molecule has 1 unspecified atom stereocenters. The van der Waals surface area contributed by atoms with E-state index >= 15 is 0 Å². The summed E-state index contributed by atoms with van der Waals surface area (Å²) in [5, 5.41) is 17.6. The smallest absolute Gasteiger partial charge is 0.267 e. The lowest BCUT2D eigenvalue weighted by Crippen LogP contribution is -2.58. The zero-order valence-corrected chi connectivity index (χ0v) is 15.3. The van der Waals surface area contributed by atoms with E-state index in [0.29, 0.717) is 11.3 Å². The van der Waals surface area contributed by atoms with E-state index in [9.17, 15) is 23.9 Å². The molecule has 3 amide bonds. The van der Waals surface area contributed by atoms with Crippen LogP contribution in [0, 0.1) is 5.82 Å². The Labute approximate surface area is 164 Å². The van der Waals surface area contributed by atoms with Gasteiger partial charge in [0.2, 0.25) is 5.91 Å². The summed E-state index contributed by atoms with van der Waals surface area (Å²) in [7, 11) is 1.42. The minimum atomic E-state index is -1.60. The molecule has 0 saturated carbocycles. The molecule has 6 N–H and O–H groups in total.